The minimum Gasteiger partial charge on any atom is -0.351 e. The largest absolute Gasteiger partial charge is 0.351 e. The third-order valence-electron chi connectivity index (χ3n) is 3.13. The number of nitrogens with one attached hydrogen (secondary N) is 1. The molecular formula is C15H15N3OS. The average molecular weight is 285 g/mol. The summed E-state index contributed by atoms with van der Waals surface area (Å²) in [6, 6.07) is 11.9. The Morgan fingerprint density at radius 1 is 1.25 bits per heavy atom. The minimum absolute atomic E-state index is 0.00493. The molecule has 0 unspecified atom stereocenters. The van der Waals surface area contributed by atoms with Crippen LogP contribution in [0, 0.1) is 0 Å². The third kappa shape index (κ3) is 2.72. The van der Waals surface area contributed by atoms with Gasteiger partial charge in [0.25, 0.3) is 5.91 Å². The number of nitrogens with zero attached hydrogens (tertiary/aromatic N) is 2. The van der Waals surface area contributed by atoms with Crippen LogP contribution in [0.2, 0.25) is 0 Å². The van der Waals surface area contributed by atoms with E-state index in [1.165, 1.54) is 11.3 Å². The summed E-state index contributed by atoms with van der Waals surface area (Å²) < 4.78 is 1.98. The number of fused-ring (bicyclic) bond motifs is 1. The molecule has 1 amide bonds. The molecule has 2 aromatic heterocycles. The first-order valence-electron chi connectivity index (χ1n) is 6.57. The first-order valence-corrected chi connectivity index (χ1v) is 7.45. The monoisotopic (exact) mass is 285 g/mol. The lowest BCUT2D eigenvalue weighted by Crippen LogP contribution is -2.24. The van der Waals surface area contributed by atoms with Crippen molar-refractivity contribution in [3.05, 3.63) is 52.9 Å². The molecule has 0 radical (unpaired) electrons. The Hall–Kier alpha value is -2.14. The van der Waals surface area contributed by atoms with Crippen LogP contribution in [0.4, 0.5) is 0 Å². The van der Waals surface area contributed by atoms with Crippen molar-refractivity contribution in [3.63, 3.8) is 0 Å². The first kappa shape index (κ1) is 12.9. The van der Waals surface area contributed by atoms with Crippen LogP contribution in [-0.2, 0) is 6.54 Å². The van der Waals surface area contributed by atoms with Crippen molar-refractivity contribution in [2.45, 2.75) is 13.0 Å². The number of carbonyl (C=O) groups is 1. The van der Waals surface area contributed by atoms with Crippen molar-refractivity contribution in [3.8, 4) is 0 Å². The fourth-order valence-corrected chi connectivity index (χ4v) is 2.77. The predicted octanol–water partition coefficient (Wildman–Crippen LogP) is 2.92. The van der Waals surface area contributed by atoms with E-state index in [4.69, 9.17) is 0 Å². The molecule has 102 valence electrons. The smallest absolute Gasteiger partial charge is 0.261 e. The molecule has 20 heavy (non-hydrogen) atoms. The number of aromatic nitrogens is 2. The highest BCUT2D eigenvalue weighted by Crippen LogP contribution is 2.12. The van der Waals surface area contributed by atoms with E-state index in [2.05, 4.69) is 22.5 Å². The Morgan fingerprint density at radius 3 is 3.00 bits per heavy atom. The SMILES string of the molecule is O=C(NCCCn1ncc2ccccc21)c1cccs1. The topological polar surface area (TPSA) is 46.9 Å². The van der Waals surface area contributed by atoms with E-state index in [1.807, 2.05) is 40.5 Å². The zero-order chi connectivity index (χ0) is 13.8. The molecule has 0 aliphatic heterocycles. The molecular weight excluding hydrogens is 270 g/mol. The van der Waals surface area contributed by atoms with Gasteiger partial charge in [0.05, 0.1) is 16.6 Å². The molecule has 1 N–H and O–H groups in total. The van der Waals surface area contributed by atoms with Crippen LogP contribution in [0.5, 0.6) is 0 Å². The maximum Gasteiger partial charge on any atom is 0.261 e. The lowest BCUT2D eigenvalue weighted by atomic mass is 10.2. The summed E-state index contributed by atoms with van der Waals surface area (Å²) in [5.41, 5.74) is 1.14. The summed E-state index contributed by atoms with van der Waals surface area (Å²) in [4.78, 5) is 12.5. The number of para-hydroxylation sites is 1. The second-order valence-corrected chi connectivity index (χ2v) is 5.46. The van der Waals surface area contributed by atoms with E-state index in [0.717, 1.165) is 28.7 Å². The number of amides is 1. The van der Waals surface area contributed by atoms with Gasteiger partial charge in [-0.3, -0.25) is 9.48 Å². The maximum absolute atomic E-state index is 11.8. The van der Waals surface area contributed by atoms with Crippen molar-refractivity contribution in [2.24, 2.45) is 0 Å². The van der Waals surface area contributed by atoms with Crippen LogP contribution in [-0.4, -0.2) is 22.2 Å². The summed E-state index contributed by atoms with van der Waals surface area (Å²) in [7, 11) is 0. The highest BCUT2D eigenvalue weighted by molar-refractivity contribution is 7.12. The van der Waals surface area contributed by atoms with Gasteiger partial charge in [-0.15, -0.1) is 11.3 Å². The zero-order valence-electron chi connectivity index (χ0n) is 11.0. The number of benzene rings is 1. The van der Waals surface area contributed by atoms with Crippen LogP contribution in [0.25, 0.3) is 10.9 Å². The van der Waals surface area contributed by atoms with E-state index in [1.54, 1.807) is 0 Å². The highest BCUT2D eigenvalue weighted by Gasteiger charge is 2.05. The molecule has 1 aromatic carbocycles. The maximum atomic E-state index is 11.8. The molecule has 0 aliphatic carbocycles. The molecule has 0 atom stereocenters. The Kier molecular flexibility index (Phi) is 3.78. The second kappa shape index (κ2) is 5.88. The molecule has 5 heteroatoms. The lowest BCUT2D eigenvalue weighted by Gasteiger charge is -2.05. The Bertz CT molecular complexity index is 703. The Labute approximate surface area is 121 Å². The minimum atomic E-state index is 0.00493. The van der Waals surface area contributed by atoms with Gasteiger partial charge in [0.15, 0.2) is 0 Å². The van der Waals surface area contributed by atoms with Gasteiger partial charge >= 0.3 is 0 Å². The van der Waals surface area contributed by atoms with Gasteiger partial charge in [0.1, 0.15) is 0 Å². The standard InChI is InChI=1S/C15H15N3OS/c19-15(14-7-3-10-20-14)16-8-4-9-18-13-6-2-1-5-12(13)11-17-18/h1-3,5-7,10-11H,4,8-9H2,(H,16,19). The van der Waals surface area contributed by atoms with Gasteiger partial charge in [-0.25, -0.2) is 0 Å². The van der Waals surface area contributed by atoms with Crippen LogP contribution < -0.4 is 5.32 Å². The Balaban J connectivity index is 1.52. The molecule has 3 rings (SSSR count). The van der Waals surface area contributed by atoms with Crippen molar-refractivity contribution < 1.29 is 4.79 Å². The van der Waals surface area contributed by atoms with Gasteiger partial charge in [-0.2, -0.15) is 5.10 Å². The summed E-state index contributed by atoms with van der Waals surface area (Å²) >= 11 is 1.46. The Morgan fingerprint density at radius 2 is 2.15 bits per heavy atom. The van der Waals surface area contributed by atoms with E-state index >= 15 is 0 Å². The zero-order valence-corrected chi connectivity index (χ0v) is 11.8. The predicted molar refractivity (Wildman–Crippen MR) is 81.0 cm³/mol. The van der Waals surface area contributed by atoms with Crippen molar-refractivity contribution in [1.82, 2.24) is 15.1 Å². The summed E-state index contributed by atoms with van der Waals surface area (Å²) in [6.45, 7) is 1.46. The number of hydrogen-bond donors (Lipinski definition) is 1. The molecule has 0 saturated carbocycles. The fourth-order valence-electron chi connectivity index (χ4n) is 2.13. The van der Waals surface area contributed by atoms with Gasteiger partial charge in [0, 0.05) is 18.5 Å². The molecule has 0 aliphatic rings. The van der Waals surface area contributed by atoms with Crippen molar-refractivity contribution in [1.29, 1.82) is 0 Å². The summed E-state index contributed by atoms with van der Waals surface area (Å²) in [6.07, 6.45) is 2.74. The molecule has 0 bridgehead atoms. The van der Waals surface area contributed by atoms with Gasteiger partial charge in [0.2, 0.25) is 0 Å². The number of thiophene rings is 1. The van der Waals surface area contributed by atoms with Gasteiger partial charge in [-0.05, 0) is 23.9 Å². The highest BCUT2D eigenvalue weighted by atomic mass is 32.1. The van der Waals surface area contributed by atoms with Crippen molar-refractivity contribution in [2.75, 3.05) is 6.54 Å². The molecule has 4 nitrogen and oxygen atoms in total. The van der Waals surface area contributed by atoms with Crippen molar-refractivity contribution >= 4 is 28.1 Å². The molecule has 3 aromatic rings. The number of rotatable bonds is 5. The van der Waals surface area contributed by atoms with Gasteiger partial charge < -0.3 is 5.32 Å². The molecule has 0 spiro atoms. The number of carbonyl (C=O) groups excluding carboxylic acids is 1. The normalized spacial score (nSPS) is 10.8. The number of aryl methyl sites for hydroxylation is 1. The average Bonchev–Trinajstić information content (AvgIpc) is 3.13. The van der Waals surface area contributed by atoms with E-state index in [-0.39, 0.29) is 5.91 Å². The first-order chi connectivity index (χ1) is 9.84. The van der Waals surface area contributed by atoms with E-state index < -0.39 is 0 Å². The fraction of sp³-hybridized carbons (Fsp3) is 0.200. The van der Waals surface area contributed by atoms with Crippen LogP contribution in [0.3, 0.4) is 0 Å². The second-order valence-electron chi connectivity index (χ2n) is 4.51. The molecule has 2 heterocycles. The lowest BCUT2D eigenvalue weighted by molar-refractivity contribution is 0.0956. The van der Waals surface area contributed by atoms with Gasteiger partial charge in [-0.1, -0.05) is 24.3 Å². The molecule has 0 fully saturated rings. The summed E-state index contributed by atoms with van der Waals surface area (Å²) in [5.74, 6) is 0.00493. The summed E-state index contributed by atoms with van der Waals surface area (Å²) in [5, 5.41) is 10.3. The third-order valence-corrected chi connectivity index (χ3v) is 4.00. The quantitative estimate of drug-likeness (QED) is 0.733. The van der Waals surface area contributed by atoms with E-state index in [9.17, 15) is 4.79 Å². The molecule has 0 saturated heterocycles. The van der Waals surface area contributed by atoms with Crippen LogP contribution >= 0.6 is 11.3 Å². The van der Waals surface area contributed by atoms with E-state index in [0.29, 0.717) is 6.54 Å². The van der Waals surface area contributed by atoms with Crippen LogP contribution in [0.1, 0.15) is 16.1 Å². The number of hydrogen-bond acceptors (Lipinski definition) is 3. The van der Waals surface area contributed by atoms with Crippen LogP contribution in [0.15, 0.2) is 48.0 Å².